The van der Waals surface area contributed by atoms with Crippen LogP contribution in [-0.2, 0) is 11.3 Å². The van der Waals surface area contributed by atoms with Gasteiger partial charge < -0.3 is 15.1 Å². The lowest BCUT2D eigenvalue weighted by Gasteiger charge is -2.31. The molecule has 2 aromatic rings. The van der Waals surface area contributed by atoms with Crippen molar-refractivity contribution < 1.29 is 9.69 Å². The van der Waals surface area contributed by atoms with Crippen LogP contribution in [0.1, 0.15) is 23.7 Å². The fourth-order valence-electron chi connectivity index (χ4n) is 2.96. The second kappa shape index (κ2) is 7.32. The number of carbonyl (C=O) groups is 1. The number of piperazine rings is 1. The van der Waals surface area contributed by atoms with Gasteiger partial charge in [0.25, 0.3) is 0 Å². The maximum absolute atomic E-state index is 11.4. The standard InChI is InChI=1S/C18H24N4OS/c1-13-4-5-16(10-14(13)2)19-18-20-17(12-24-18)11-21-6-8-22(9-7-21)15(3)23/h4-5,10,12H,6-9,11H2,1-3H3,(H,19,20)/p+1. The molecule has 0 aliphatic carbocycles. The summed E-state index contributed by atoms with van der Waals surface area (Å²) in [6.07, 6.45) is 0. The van der Waals surface area contributed by atoms with Gasteiger partial charge in [0, 0.05) is 18.0 Å². The van der Waals surface area contributed by atoms with Crippen molar-refractivity contribution in [2.24, 2.45) is 0 Å². The molecule has 0 radical (unpaired) electrons. The van der Waals surface area contributed by atoms with Gasteiger partial charge >= 0.3 is 0 Å². The van der Waals surface area contributed by atoms with Gasteiger partial charge in [0.2, 0.25) is 5.91 Å². The largest absolute Gasteiger partial charge is 0.332 e. The topological polar surface area (TPSA) is 49.7 Å². The molecule has 1 amide bonds. The summed E-state index contributed by atoms with van der Waals surface area (Å²) >= 11 is 1.65. The van der Waals surface area contributed by atoms with E-state index in [0.717, 1.165) is 49.2 Å². The molecule has 3 rings (SSSR count). The van der Waals surface area contributed by atoms with Gasteiger partial charge in [-0.25, -0.2) is 4.98 Å². The van der Waals surface area contributed by atoms with E-state index in [1.165, 1.54) is 16.0 Å². The summed E-state index contributed by atoms with van der Waals surface area (Å²) in [7, 11) is 0. The van der Waals surface area contributed by atoms with Crippen LogP contribution >= 0.6 is 11.3 Å². The Labute approximate surface area is 147 Å². The molecule has 1 aromatic carbocycles. The van der Waals surface area contributed by atoms with Crippen molar-refractivity contribution in [1.29, 1.82) is 0 Å². The van der Waals surface area contributed by atoms with Gasteiger partial charge in [0.05, 0.1) is 26.2 Å². The predicted octanol–water partition coefficient (Wildman–Crippen LogP) is 1.75. The summed E-state index contributed by atoms with van der Waals surface area (Å²) in [4.78, 5) is 19.5. The number of aryl methyl sites for hydroxylation is 2. The van der Waals surface area contributed by atoms with Crippen molar-refractivity contribution in [2.75, 3.05) is 31.5 Å². The highest BCUT2D eigenvalue weighted by atomic mass is 32.1. The highest BCUT2D eigenvalue weighted by Crippen LogP contribution is 2.22. The summed E-state index contributed by atoms with van der Waals surface area (Å²) in [5.74, 6) is 0.183. The number of carbonyl (C=O) groups excluding carboxylic acids is 1. The van der Waals surface area contributed by atoms with Gasteiger partial charge in [0.15, 0.2) is 5.13 Å². The Bertz CT molecular complexity index is 720. The van der Waals surface area contributed by atoms with Crippen LogP contribution in [0.15, 0.2) is 23.6 Å². The smallest absolute Gasteiger partial charge is 0.219 e. The molecule has 6 heteroatoms. The first-order valence-corrected chi connectivity index (χ1v) is 9.27. The Kier molecular flexibility index (Phi) is 5.16. The summed E-state index contributed by atoms with van der Waals surface area (Å²) in [5, 5.41) is 6.47. The highest BCUT2D eigenvalue weighted by molar-refractivity contribution is 7.13. The SMILES string of the molecule is CC(=O)N1CC[NH+](Cc2csc(Nc3ccc(C)c(C)c3)n2)CC1. The number of anilines is 2. The summed E-state index contributed by atoms with van der Waals surface area (Å²) < 4.78 is 0. The molecular formula is C18H25N4OS+. The van der Waals surface area contributed by atoms with Gasteiger partial charge in [-0.15, -0.1) is 11.3 Å². The quantitative estimate of drug-likeness (QED) is 0.888. The number of quaternary nitrogens is 1. The van der Waals surface area contributed by atoms with Crippen molar-refractivity contribution in [1.82, 2.24) is 9.88 Å². The van der Waals surface area contributed by atoms with Gasteiger partial charge in [-0.1, -0.05) is 6.07 Å². The molecular weight excluding hydrogens is 320 g/mol. The molecule has 0 spiro atoms. The van der Waals surface area contributed by atoms with E-state index in [4.69, 9.17) is 4.98 Å². The molecule has 1 saturated heterocycles. The third-order valence-electron chi connectivity index (χ3n) is 4.66. The van der Waals surface area contributed by atoms with Crippen LogP contribution in [0, 0.1) is 13.8 Å². The monoisotopic (exact) mass is 345 g/mol. The molecule has 2 heterocycles. The minimum Gasteiger partial charge on any atom is -0.332 e. The van der Waals surface area contributed by atoms with E-state index < -0.39 is 0 Å². The van der Waals surface area contributed by atoms with E-state index in [-0.39, 0.29) is 5.91 Å². The number of nitrogens with zero attached hydrogens (tertiary/aromatic N) is 2. The zero-order valence-corrected chi connectivity index (χ0v) is 15.4. The predicted molar refractivity (Wildman–Crippen MR) is 98.0 cm³/mol. The van der Waals surface area contributed by atoms with Crippen LogP contribution < -0.4 is 10.2 Å². The van der Waals surface area contributed by atoms with E-state index >= 15 is 0 Å². The molecule has 2 N–H and O–H groups in total. The van der Waals surface area contributed by atoms with E-state index in [2.05, 4.69) is 42.7 Å². The van der Waals surface area contributed by atoms with Crippen molar-refractivity contribution in [2.45, 2.75) is 27.3 Å². The molecule has 0 unspecified atom stereocenters. The third kappa shape index (κ3) is 4.13. The first-order chi connectivity index (χ1) is 11.5. The third-order valence-corrected chi connectivity index (χ3v) is 5.46. The maximum Gasteiger partial charge on any atom is 0.219 e. The Morgan fingerprint density at radius 3 is 2.71 bits per heavy atom. The van der Waals surface area contributed by atoms with Crippen LogP contribution in [0.4, 0.5) is 10.8 Å². The first kappa shape index (κ1) is 16.9. The van der Waals surface area contributed by atoms with E-state index in [9.17, 15) is 4.79 Å². The van der Waals surface area contributed by atoms with Crippen LogP contribution in [0.5, 0.6) is 0 Å². The normalized spacial score (nSPS) is 15.5. The molecule has 1 aromatic heterocycles. The molecule has 1 fully saturated rings. The molecule has 0 bridgehead atoms. The zero-order chi connectivity index (χ0) is 17.1. The number of rotatable bonds is 4. The maximum atomic E-state index is 11.4. The molecule has 5 nitrogen and oxygen atoms in total. The van der Waals surface area contributed by atoms with Gasteiger partial charge in [0.1, 0.15) is 12.2 Å². The zero-order valence-electron chi connectivity index (χ0n) is 14.6. The summed E-state index contributed by atoms with van der Waals surface area (Å²) in [5.41, 5.74) is 4.79. The number of benzene rings is 1. The Balaban J connectivity index is 1.56. The average Bonchev–Trinajstić information content (AvgIpc) is 2.98. The van der Waals surface area contributed by atoms with Gasteiger partial charge in [-0.3, -0.25) is 4.79 Å². The fourth-order valence-corrected chi connectivity index (χ4v) is 3.69. The molecule has 0 atom stereocenters. The lowest BCUT2D eigenvalue weighted by atomic mass is 10.1. The van der Waals surface area contributed by atoms with Crippen molar-refractivity contribution in [3.05, 3.63) is 40.4 Å². The highest BCUT2D eigenvalue weighted by Gasteiger charge is 2.22. The average molecular weight is 345 g/mol. The Hall–Kier alpha value is -1.92. The minimum atomic E-state index is 0.183. The minimum absolute atomic E-state index is 0.183. The van der Waals surface area contributed by atoms with Crippen molar-refractivity contribution in [3.63, 3.8) is 0 Å². The molecule has 1 aliphatic heterocycles. The van der Waals surface area contributed by atoms with E-state index in [0.29, 0.717) is 0 Å². The Morgan fingerprint density at radius 1 is 1.29 bits per heavy atom. The number of thiazole rings is 1. The van der Waals surface area contributed by atoms with Crippen LogP contribution in [0.25, 0.3) is 0 Å². The lowest BCUT2D eigenvalue weighted by molar-refractivity contribution is -0.917. The first-order valence-electron chi connectivity index (χ1n) is 8.39. The number of hydrogen-bond donors (Lipinski definition) is 2. The summed E-state index contributed by atoms with van der Waals surface area (Å²) in [6.45, 7) is 10.5. The van der Waals surface area contributed by atoms with Crippen molar-refractivity contribution in [3.8, 4) is 0 Å². The number of hydrogen-bond acceptors (Lipinski definition) is 4. The lowest BCUT2D eigenvalue weighted by Crippen LogP contribution is -3.13. The molecule has 128 valence electrons. The number of nitrogens with one attached hydrogen (secondary N) is 2. The molecule has 24 heavy (non-hydrogen) atoms. The van der Waals surface area contributed by atoms with Crippen LogP contribution in [0.3, 0.4) is 0 Å². The van der Waals surface area contributed by atoms with E-state index in [1.54, 1.807) is 18.3 Å². The second-order valence-electron chi connectivity index (χ2n) is 6.50. The van der Waals surface area contributed by atoms with Gasteiger partial charge in [-0.05, 0) is 37.1 Å². The molecule has 1 aliphatic rings. The van der Waals surface area contributed by atoms with Crippen molar-refractivity contribution >= 4 is 28.1 Å². The Morgan fingerprint density at radius 2 is 2.04 bits per heavy atom. The van der Waals surface area contributed by atoms with E-state index in [1.807, 2.05) is 4.90 Å². The van der Waals surface area contributed by atoms with Crippen LogP contribution in [0.2, 0.25) is 0 Å². The summed E-state index contributed by atoms with van der Waals surface area (Å²) in [6, 6.07) is 6.38. The van der Waals surface area contributed by atoms with Gasteiger partial charge in [-0.2, -0.15) is 0 Å². The number of aromatic nitrogens is 1. The second-order valence-corrected chi connectivity index (χ2v) is 7.36. The molecule has 0 saturated carbocycles. The van der Waals surface area contributed by atoms with Crippen LogP contribution in [-0.4, -0.2) is 42.0 Å². The number of amides is 1. The fraction of sp³-hybridized carbons (Fsp3) is 0.444.